The lowest BCUT2D eigenvalue weighted by Gasteiger charge is -2.18. The second-order valence-corrected chi connectivity index (χ2v) is 6.11. The minimum Gasteiger partial charge on any atom is -0.492 e. The van der Waals surface area contributed by atoms with Gasteiger partial charge in [0.05, 0.1) is 18.8 Å². The first-order chi connectivity index (χ1) is 11.0. The molecule has 0 aliphatic heterocycles. The molecule has 23 heavy (non-hydrogen) atoms. The highest BCUT2D eigenvalue weighted by molar-refractivity contribution is 9.10. The van der Waals surface area contributed by atoms with E-state index >= 15 is 0 Å². The highest BCUT2D eigenvalue weighted by atomic mass is 79.9. The molecule has 1 aromatic carbocycles. The molecule has 6 nitrogen and oxygen atoms in total. The lowest BCUT2D eigenvalue weighted by Crippen LogP contribution is -2.38. The van der Waals surface area contributed by atoms with Gasteiger partial charge in [-0.15, -0.1) is 0 Å². The van der Waals surface area contributed by atoms with Crippen LogP contribution in [-0.2, 0) is 6.54 Å². The zero-order valence-corrected chi connectivity index (χ0v) is 15.0. The smallest absolute Gasteiger partial charge is 0.317 e. The van der Waals surface area contributed by atoms with Gasteiger partial charge in [0, 0.05) is 17.1 Å². The minimum atomic E-state index is -0.163. The van der Waals surface area contributed by atoms with Crippen molar-refractivity contribution in [3.63, 3.8) is 0 Å². The number of nitrogens with one attached hydrogen (secondary N) is 1. The van der Waals surface area contributed by atoms with Gasteiger partial charge in [0.1, 0.15) is 18.1 Å². The van der Waals surface area contributed by atoms with Gasteiger partial charge in [-0.2, -0.15) is 0 Å². The van der Waals surface area contributed by atoms with Crippen LogP contribution in [-0.4, -0.2) is 36.3 Å². The topological polar surface area (TPSA) is 67.6 Å². The molecule has 0 saturated carbocycles. The van der Waals surface area contributed by atoms with E-state index in [0.717, 1.165) is 27.2 Å². The molecule has 124 valence electrons. The number of halogens is 1. The Morgan fingerprint density at radius 2 is 2.04 bits per heavy atom. The number of nitrogens with zero attached hydrogens (tertiary/aromatic N) is 2. The van der Waals surface area contributed by atoms with Crippen molar-refractivity contribution in [1.82, 2.24) is 15.4 Å². The number of ether oxygens (including phenoxy) is 1. The summed E-state index contributed by atoms with van der Waals surface area (Å²) in [6.07, 6.45) is 0. The van der Waals surface area contributed by atoms with Crippen molar-refractivity contribution >= 4 is 22.0 Å². The SMILES string of the molecule is Cc1noc(C)c1CN(C)C(=O)NCCOc1ccc(Br)cc1. The number of urea groups is 1. The Labute approximate surface area is 143 Å². The summed E-state index contributed by atoms with van der Waals surface area (Å²) in [5.41, 5.74) is 1.74. The van der Waals surface area contributed by atoms with Crippen LogP contribution in [0.4, 0.5) is 4.79 Å². The monoisotopic (exact) mass is 381 g/mol. The maximum Gasteiger partial charge on any atom is 0.317 e. The number of amides is 2. The van der Waals surface area contributed by atoms with Gasteiger partial charge in [0.15, 0.2) is 0 Å². The van der Waals surface area contributed by atoms with Gasteiger partial charge in [0.25, 0.3) is 0 Å². The van der Waals surface area contributed by atoms with Crippen LogP contribution in [0.15, 0.2) is 33.3 Å². The molecule has 0 aliphatic carbocycles. The predicted molar refractivity (Wildman–Crippen MR) is 90.5 cm³/mol. The Morgan fingerprint density at radius 3 is 2.65 bits per heavy atom. The zero-order valence-electron chi connectivity index (χ0n) is 13.4. The lowest BCUT2D eigenvalue weighted by atomic mass is 10.2. The first-order valence-electron chi connectivity index (χ1n) is 7.26. The van der Waals surface area contributed by atoms with Crippen LogP contribution in [0.5, 0.6) is 5.75 Å². The highest BCUT2D eigenvalue weighted by Crippen LogP contribution is 2.16. The third-order valence-electron chi connectivity index (χ3n) is 3.38. The molecule has 1 heterocycles. The standard InChI is InChI=1S/C16H20BrN3O3/c1-11-15(12(2)23-19-11)10-20(3)16(21)18-8-9-22-14-6-4-13(17)5-7-14/h4-7H,8-10H2,1-3H3,(H,18,21). The lowest BCUT2D eigenvalue weighted by molar-refractivity contribution is 0.203. The van der Waals surface area contributed by atoms with Crippen molar-refractivity contribution in [2.24, 2.45) is 0 Å². The number of aryl methyl sites for hydroxylation is 2. The first-order valence-corrected chi connectivity index (χ1v) is 8.05. The van der Waals surface area contributed by atoms with Gasteiger partial charge >= 0.3 is 6.03 Å². The molecular weight excluding hydrogens is 362 g/mol. The Bertz CT molecular complexity index is 636. The van der Waals surface area contributed by atoms with Gasteiger partial charge in [0.2, 0.25) is 0 Å². The quantitative estimate of drug-likeness (QED) is 0.779. The van der Waals surface area contributed by atoms with E-state index in [1.807, 2.05) is 38.1 Å². The molecule has 7 heteroatoms. The van der Waals surface area contributed by atoms with E-state index in [1.54, 1.807) is 11.9 Å². The van der Waals surface area contributed by atoms with Crippen LogP contribution < -0.4 is 10.1 Å². The van der Waals surface area contributed by atoms with Crippen molar-refractivity contribution < 1.29 is 14.1 Å². The zero-order chi connectivity index (χ0) is 16.8. The van der Waals surface area contributed by atoms with Crippen molar-refractivity contribution in [1.29, 1.82) is 0 Å². The molecule has 2 aromatic rings. The second-order valence-electron chi connectivity index (χ2n) is 5.19. The molecule has 0 atom stereocenters. The fraction of sp³-hybridized carbons (Fsp3) is 0.375. The molecule has 0 saturated heterocycles. The van der Waals surface area contributed by atoms with Crippen LogP contribution >= 0.6 is 15.9 Å². The van der Waals surface area contributed by atoms with E-state index in [4.69, 9.17) is 9.26 Å². The van der Waals surface area contributed by atoms with E-state index < -0.39 is 0 Å². The van der Waals surface area contributed by atoms with E-state index in [0.29, 0.717) is 19.7 Å². The van der Waals surface area contributed by atoms with E-state index in [-0.39, 0.29) is 6.03 Å². The molecule has 1 N–H and O–H groups in total. The third-order valence-corrected chi connectivity index (χ3v) is 3.91. The summed E-state index contributed by atoms with van der Waals surface area (Å²) in [5, 5.41) is 6.70. The van der Waals surface area contributed by atoms with Crippen LogP contribution in [0, 0.1) is 13.8 Å². The Balaban J connectivity index is 1.73. The molecule has 0 bridgehead atoms. The van der Waals surface area contributed by atoms with Crippen molar-refractivity contribution in [3.8, 4) is 5.75 Å². The van der Waals surface area contributed by atoms with Gasteiger partial charge in [-0.1, -0.05) is 21.1 Å². The van der Waals surface area contributed by atoms with Gasteiger partial charge in [-0.25, -0.2) is 4.79 Å². The third kappa shape index (κ3) is 4.99. The number of rotatable bonds is 6. The van der Waals surface area contributed by atoms with E-state index in [9.17, 15) is 4.79 Å². The van der Waals surface area contributed by atoms with Gasteiger partial charge in [-0.3, -0.25) is 0 Å². The van der Waals surface area contributed by atoms with Crippen LogP contribution in [0.3, 0.4) is 0 Å². The Morgan fingerprint density at radius 1 is 1.35 bits per heavy atom. The van der Waals surface area contributed by atoms with Crippen LogP contribution in [0.25, 0.3) is 0 Å². The average molecular weight is 382 g/mol. The van der Waals surface area contributed by atoms with Crippen molar-refractivity contribution in [3.05, 3.63) is 45.8 Å². The second kappa shape index (κ2) is 8.01. The molecular formula is C16H20BrN3O3. The number of hydrogen-bond acceptors (Lipinski definition) is 4. The van der Waals surface area contributed by atoms with Gasteiger partial charge < -0.3 is 19.5 Å². The number of aromatic nitrogens is 1. The predicted octanol–water partition coefficient (Wildman–Crippen LogP) is 3.27. The van der Waals surface area contributed by atoms with Gasteiger partial charge in [-0.05, 0) is 38.1 Å². The fourth-order valence-corrected chi connectivity index (χ4v) is 2.29. The molecule has 0 unspecified atom stereocenters. The summed E-state index contributed by atoms with van der Waals surface area (Å²) in [6, 6.07) is 7.39. The van der Waals surface area contributed by atoms with Crippen molar-refractivity contribution in [2.75, 3.05) is 20.2 Å². The number of benzene rings is 1. The maximum atomic E-state index is 12.0. The number of carbonyl (C=O) groups excluding carboxylic acids is 1. The molecule has 0 fully saturated rings. The fourth-order valence-electron chi connectivity index (χ4n) is 2.03. The first kappa shape index (κ1) is 17.3. The summed E-state index contributed by atoms with van der Waals surface area (Å²) in [5.74, 6) is 1.51. The largest absolute Gasteiger partial charge is 0.492 e. The number of hydrogen-bond donors (Lipinski definition) is 1. The Hall–Kier alpha value is -2.02. The Kier molecular flexibility index (Phi) is 6.04. The summed E-state index contributed by atoms with van der Waals surface area (Å²) in [4.78, 5) is 13.6. The molecule has 1 aromatic heterocycles. The summed E-state index contributed by atoms with van der Waals surface area (Å²) < 4.78 is 11.7. The molecule has 2 rings (SSSR count). The molecule has 0 radical (unpaired) electrons. The highest BCUT2D eigenvalue weighted by Gasteiger charge is 2.14. The van der Waals surface area contributed by atoms with Crippen LogP contribution in [0.2, 0.25) is 0 Å². The van der Waals surface area contributed by atoms with E-state index in [2.05, 4.69) is 26.4 Å². The normalized spacial score (nSPS) is 10.4. The summed E-state index contributed by atoms with van der Waals surface area (Å²) in [6.45, 7) is 5.00. The number of carbonyl (C=O) groups is 1. The maximum absolute atomic E-state index is 12.0. The summed E-state index contributed by atoms with van der Waals surface area (Å²) >= 11 is 3.37. The van der Waals surface area contributed by atoms with Crippen LogP contribution in [0.1, 0.15) is 17.0 Å². The molecule has 0 spiro atoms. The van der Waals surface area contributed by atoms with Crippen molar-refractivity contribution in [2.45, 2.75) is 20.4 Å². The summed E-state index contributed by atoms with van der Waals surface area (Å²) in [7, 11) is 1.73. The minimum absolute atomic E-state index is 0.163. The average Bonchev–Trinajstić information content (AvgIpc) is 2.85. The van der Waals surface area contributed by atoms with E-state index in [1.165, 1.54) is 0 Å². The molecule has 2 amide bonds. The molecule has 0 aliphatic rings.